The molecule has 144 valence electrons. The van der Waals surface area contributed by atoms with Crippen molar-refractivity contribution in [2.24, 2.45) is 0 Å². The minimum absolute atomic E-state index is 0.0304. The first kappa shape index (κ1) is 18.3. The summed E-state index contributed by atoms with van der Waals surface area (Å²) < 4.78 is 12.6. The monoisotopic (exact) mass is 399 g/mol. The van der Waals surface area contributed by atoms with Crippen LogP contribution in [0.3, 0.4) is 0 Å². The van der Waals surface area contributed by atoms with Gasteiger partial charge in [-0.1, -0.05) is 23.7 Å². The number of fused-ring (bicyclic) bond motifs is 2. The van der Waals surface area contributed by atoms with E-state index >= 15 is 0 Å². The fourth-order valence-corrected chi connectivity index (χ4v) is 3.42. The fourth-order valence-electron chi connectivity index (χ4n) is 3.13. The molecular weight excluding hydrogens is 382 g/mol. The third kappa shape index (κ3) is 3.80. The van der Waals surface area contributed by atoms with Crippen molar-refractivity contribution in [2.75, 3.05) is 19.8 Å². The van der Waals surface area contributed by atoms with Gasteiger partial charge in [-0.05, 0) is 36.2 Å². The summed E-state index contributed by atoms with van der Waals surface area (Å²) in [5.41, 5.74) is 1.41. The first-order chi connectivity index (χ1) is 13.6. The molecule has 0 aliphatic carbocycles. The summed E-state index contributed by atoms with van der Waals surface area (Å²) in [5.74, 6) is 1.01. The van der Waals surface area contributed by atoms with Crippen LogP contribution in [-0.4, -0.2) is 35.4 Å². The molecule has 0 fully saturated rings. The Morgan fingerprint density at radius 3 is 2.93 bits per heavy atom. The Morgan fingerprint density at radius 2 is 2.04 bits per heavy atom. The van der Waals surface area contributed by atoms with Crippen LogP contribution in [0.4, 0.5) is 0 Å². The molecule has 7 nitrogen and oxygen atoms in total. The van der Waals surface area contributed by atoms with Crippen LogP contribution in [-0.2, 0) is 17.8 Å². The second-order valence-corrected chi connectivity index (χ2v) is 6.79. The van der Waals surface area contributed by atoms with Crippen LogP contribution in [0.2, 0.25) is 5.02 Å². The number of benzene rings is 2. The molecule has 0 saturated carbocycles. The molecule has 1 aromatic heterocycles. The van der Waals surface area contributed by atoms with E-state index in [-0.39, 0.29) is 17.9 Å². The van der Waals surface area contributed by atoms with Crippen LogP contribution in [0.5, 0.6) is 11.5 Å². The molecular formula is C20H18ClN3O4. The Hall–Kier alpha value is -3.06. The van der Waals surface area contributed by atoms with Crippen LogP contribution in [0.25, 0.3) is 10.9 Å². The Bertz CT molecular complexity index is 1100. The lowest BCUT2D eigenvalue weighted by Gasteiger charge is -2.20. The van der Waals surface area contributed by atoms with Crippen LogP contribution in [0, 0.1) is 0 Å². The van der Waals surface area contributed by atoms with Crippen molar-refractivity contribution in [1.29, 1.82) is 0 Å². The molecule has 0 radical (unpaired) electrons. The van der Waals surface area contributed by atoms with E-state index in [0.717, 1.165) is 5.56 Å². The van der Waals surface area contributed by atoms with Crippen molar-refractivity contribution >= 4 is 28.4 Å². The molecule has 0 spiro atoms. The molecule has 0 saturated heterocycles. The van der Waals surface area contributed by atoms with Crippen LogP contribution in [0.1, 0.15) is 5.56 Å². The van der Waals surface area contributed by atoms with Crippen molar-refractivity contribution in [3.8, 4) is 11.5 Å². The van der Waals surface area contributed by atoms with E-state index in [1.165, 1.54) is 10.9 Å². The van der Waals surface area contributed by atoms with Gasteiger partial charge in [0.05, 0.1) is 16.7 Å². The minimum atomic E-state index is -0.190. The predicted molar refractivity (Wildman–Crippen MR) is 105 cm³/mol. The van der Waals surface area contributed by atoms with Gasteiger partial charge in [-0.2, -0.15) is 5.10 Å². The summed E-state index contributed by atoms with van der Waals surface area (Å²) in [7, 11) is 0. The lowest BCUT2D eigenvalue weighted by atomic mass is 10.1. The Labute approximate surface area is 165 Å². The number of nitrogens with zero attached hydrogens (tertiary/aromatic N) is 2. The molecule has 0 atom stereocenters. The zero-order valence-corrected chi connectivity index (χ0v) is 15.7. The van der Waals surface area contributed by atoms with Crippen LogP contribution < -0.4 is 20.2 Å². The zero-order valence-electron chi connectivity index (χ0n) is 15.0. The van der Waals surface area contributed by atoms with E-state index in [1.807, 2.05) is 18.2 Å². The number of hydrogen-bond donors (Lipinski definition) is 1. The van der Waals surface area contributed by atoms with Gasteiger partial charge in [0.1, 0.15) is 19.8 Å². The van der Waals surface area contributed by atoms with Crippen molar-refractivity contribution in [3.63, 3.8) is 0 Å². The zero-order chi connectivity index (χ0) is 19.5. The quantitative estimate of drug-likeness (QED) is 0.711. The van der Waals surface area contributed by atoms with Gasteiger partial charge in [0.2, 0.25) is 11.3 Å². The standard InChI is InChI=1S/C20H18ClN3O4/c21-15-9-13(10-18-20(15)28-8-7-27-18)5-6-22-19(26)12-24-16-4-2-1-3-14(16)17(25)11-23-24/h1-4,9-11H,5-8,12H2,(H,22,26). The maximum Gasteiger partial charge on any atom is 0.241 e. The second kappa shape index (κ2) is 7.90. The highest BCUT2D eigenvalue weighted by Gasteiger charge is 2.16. The number of rotatable bonds is 5. The van der Waals surface area contributed by atoms with Gasteiger partial charge < -0.3 is 14.8 Å². The molecule has 4 rings (SSSR count). The van der Waals surface area contributed by atoms with Gasteiger partial charge in [-0.15, -0.1) is 0 Å². The number of hydrogen-bond acceptors (Lipinski definition) is 5. The van der Waals surface area contributed by atoms with E-state index in [4.69, 9.17) is 21.1 Å². The Kier molecular flexibility index (Phi) is 5.16. The molecule has 8 heteroatoms. The molecule has 0 bridgehead atoms. The number of aromatic nitrogens is 2. The Morgan fingerprint density at radius 1 is 1.21 bits per heavy atom. The van der Waals surface area contributed by atoms with Crippen molar-refractivity contribution < 1.29 is 14.3 Å². The van der Waals surface area contributed by atoms with E-state index in [1.54, 1.807) is 18.2 Å². The maximum atomic E-state index is 12.3. The largest absolute Gasteiger partial charge is 0.486 e. The third-order valence-corrected chi connectivity index (χ3v) is 4.73. The first-order valence-corrected chi connectivity index (χ1v) is 9.29. The number of nitrogens with one attached hydrogen (secondary N) is 1. The molecule has 3 aromatic rings. The van der Waals surface area contributed by atoms with Crippen molar-refractivity contribution in [1.82, 2.24) is 15.1 Å². The number of para-hydroxylation sites is 1. The van der Waals surface area contributed by atoms with Gasteiger partial charge in [0.15, 0.2) is 11.5 Å². The number of ether oxygens (including phenoxy) is 2. The predicted octanol–water partition coefficient (Wildman–Crippen LogP) is 2.18. The van der Waals surface area contributed by atoms with Gasteiger partial charge in [-0.3, -0.25) is 14.3 Å². The molecule has 1 aliphatic rings. The highest BCUT2D eigenvalue weighted by atomic mass is 35.5. The third-order valence-electron chi connectivity index (χ3n) is 4.45. The summed E-state index contributed by atoms with van der Waals surface area (Å²) in [4.78, 5) is 24.2. The van der Waals surface area contributed by atoms with Crippen molar-refractivity contribution in [2.45, 2.75) is 13.0 Å². The lowest BCUT2D eigenvalue weighted by Crippen LogP contribution is -2.30. The molecule has 1 amide bonds. The van der Waals surface area contributed by atoms with E-state index in [2.05, 4.69) is 10.4 Å². The topological polar surface area (TPSA) is 82.5 Å². The van der Waals surface area contributed by atoms with Gasteiger partial charge in [0, 0.05) is 11.9 Å². The summed E-state index contributed by atoms with van der Waals surface area (Å²) in [6, 6.07) is 10.8. The summed E-state index contributed by atoms with van der Waals surface area (Å²) >= 11 is 6.23. The van der Waals surface area contributed by atoms with Gasteiger partial charge in [0.25, 0.3) is 0 Å². The van der Waals surface area contributed by atoms with E-state index in [9.17, 15) is 9.59 Å². The summed E-state index contributed by atoms with van der Waals surface area (Å²) in [6.45, 7) is 1.44. The molecule has 1 aliphatic heterocycles. The van der Waals surface area contributed by atoms with Crippen LogP contribution >= 0.6 is 11.6 Å². The lowest BCUT2D eigenvalue weighted by molar-refractivity contribution is -0.121. The van der Waals surface area contributed by atoms with Gasteiger partial charge in [-0.25, -0.2) is 0 Å². The molecule has 28 heavy (non-hydrogen) atoms. The van der Waals surface area contributed by atoms with Gasteiger partial charge >= 0.3 is 0 Å². The second-order valence-electron chi connectivity index (χ2n) is 6.39. The fraction of sp³-hybridized carbons (Fsp3) is 0.250. The molecule has 2 heterocycles. The molecule has 1 N–H and O–H groups in total. The summed E-state index contributed by atoms with van der Waals surface area (Å²) in [5, 5.41) is 7.97. The molecule has 0 unspecified atom stereocenters. The number of halogens is 1. The summed E-state index contributed by atoms with van der Waals surface area (Å²) in [6.07, 6.45) is 1.83. The van der Waals surface area contributed by atoms with E-state index < -0.39 is 0 Å². The molecule has 2 aromatic carbocycles. The Balaban J connectivity index is 1.39. The minimum Gasteiger partial charge on any atom is -0.486 e. The average molecular weight is 400 g/mol. The smallest absolute Gasteiger partial charge is 0.241 e. The van der Waals surface area contributed by atoms with E-state index in [0.29, 0.717) is 53.6 Å². The highest BCUT2D eigenvalue weighted by molar-refractivity contribution is 6.32. The average Bonchev–Trinajstić information content (AvgIpc) is 2.70. The number of amides is 1. The number of carbonyl (C=O) groups excluding carboxylic acids is 1. The highest BCUT2D eigenvalue weighted by Crippen LogP contribution is 2.38. The maximum absolute atomic E-state index is 12.3. The SMILES string of the molecule is O=C(Cn1ncc(=O)c2ccccc21)NCCc1cc(Cl)c2c(c1)OCCO2. The number of carbonyl (C=O) groups is 1. The normalized spacial score (nSPS) is 12.8. The van der Waals surface area contributed by atoms with Crippen LogP contribution in [0.15, 0.2) is 47.4 Å². The van der Waals surface area contributed by atoms with Crippen molar-refractivity contribution in [3.05, 3.63) is 63.4 Å². The first-order valence-electron chi connectivity index (χ1n) is 8.91.